The Morgan fingerprint density at radius 1 is 1.18 bits per heavy atom. The molecule has 0 saturated heterocycles. The largest absolute Gasteiger partial charge is 1.00 e. The van der Waals surface area contributed by atoms with Gasteiger partial charge >= 0.3 is 29.6 Å². The van der Waals surface area contributed by atoms with E-state index in [-0.39, 0.29) is 35.1 Å². The maximum atomic E-state index is 11.7. The number of allylic oxidation sites excluding steroid dienone is 1. The molecule has 0 unspecified atom stereocenters. The molecule has 0 spiro atoms. The van der Waals surface area contributed by atoms with E-state index in [9.17, 15) is 17.8 Å². The van der Waals surface area contributed by atoms with Crippen molar-refractivity contribution < 1.29 is 47.3 Å². The molecule has 4 nitrogen and oxygen atoms in total. The third-order valence-corrected chi connectivity index (χ3v) is 3.24. The number of benzene rings is 1. The van der Waals surface area contributed by atoms with Gasteiger partial charge in [-0.25, -0.2) is 8.42 Å². The molecule has 0 aliphatic heterocycles. The summed E-state index contributed by atoms with van der Waals surface area (Å²) in [7, 11) is -4.66. The molecule has 0 saturated carbocycles. The Morgan fingerprint density at radius 3 is 2.35 bits per heavy atom. The molecule has 0 fully saturated rings. The van der Waals surface area contributed by atoms with Crippen LogP contribution >= 0.6 is 0 Å². The topological polar surface area (TPSA) is 74.3 Å². The van der Waals surface area contributed by atoms with E-state index >= 15 is 0 Å². The van der Waals surface area contributed by atoms with Crippen LogP contribution < -0.4 is 29.6 Å². The van der Waals surface area contributed by atoms with Crippen molar-refractivity contribution in [2.45, 2.75) is 0 Å². The molecule has 0 N–H and O–H groups in total. The summed E-state index contributed by atoms with van der Waals surface area (Å²) in [5.74, 6) is -0.521. The van der Waals surface area contributed by atoms with Gasteiger partial charge in [0.2, 0.25) is 0 Å². The van der Waals surface area contributed by atoms with E-state index in [2.05, 4.69) is 6.58 Å². The fraction of sp³-hybridized carbons (Fsp3) is 0. The average molecular weight is 258 g/mol. The molecule has 1 aliphatic carbocycles. The molecule has 0 radical (unpaired) electrons. The average Bonchev–Trinajstić information content (AvgIpc) is 2.22. The van der Waals surface area contributed by atoms with E-state index in [1.54, 1.807) is 24.3 Å². The molecule has 6 heteroatoms. The van der Waals surface area contributed by atoms with E-state index in [0.717, 1.165) is 0 Å². The Labute approximate surface area is 121 Å². The van der Waals surface area contributed by atoms with Gasteiger partial charge in [-0.05, 0) is 11.6 Å². The van der Waals surface area contributed by atoms with E-state index in [1.807, 2.05) is 0 Å². The third kappa shape index (κ3) is 2.59. The minimum Gasteiger partial charge on any atom is -0.744 e. The quantitative estimate of drug-likeness (QED) is 0.343. The number of hydrogen-bond donors (Lipinski definition) is 0. The third-order valence-electron chi connectivity index (χ3n) is 2.33. The van der Waals surface area contributed by atoms with Crippen molar-refractivity contribution in [1.29, 1.82) is 0 Å². The number of carbonyl (C=O) groups is 1. The number of Topliss-reactive ketones (excluding diaryl/α,β-unsaturated/α-hetero) is 1. The van der Waals surface area contributed by atoms with Gasteiger partial charge < -0.3 is 4.55 Å². The summed E-state index contributed by atoms with van der Waals surface area (Å²) in [6.45, 7) is 3.34. The first kappa shape index (κ1) is 14.3. The van der Waals surface area contributed by atoms with Gasteiger partial charge in [0.25, 0.3) is 0 Å². The van der Waals surface area contributed by atoms with Gasteiger partial charge in [0.1, 0.15) is 10.1 Å². The van der Waals surface area contributed by atoms with Crippen molar-refractivity contribution in [1.82, 2.24) is 0 Å². The minimum absolute atomic E-state index is 0. The normalized spacial score (nSPS) is 14.8. The molecular weight excluding hydrogens is 251 g/mol. The first-order chi connectivity index (χ1) is 7.41. The SMILES string of the molecule is C=C1C(=O)c2ccccc2C=C1S(=O)(=O)[O-].[Na+]. The summed E-state index contributed by atoms with van der Waals surface area (Å²) >= 11 is 0. The maximum absolute atomic E-state index is 11.7. The molecular formula is C11H7NaO4S. The molecule has 17 heavy (non-hydrogen) atoms. The fourth-order valence-electron chi connectivity index (χ4n) is 1.56. The Morgan fingerprint density at radius 2 is 1.76 bits per heavy atom. The molecule has 0 heterocycles. The summed E-state index contributed by atoms with van der Waals surface area (Å²) in [6.07, 6.45) is 1.18. The zero-order valence-corrected chi connectivity index (χ0v) is 12.0. The fourth-order valence-corrected chi connectivity index (χ4v) is 2.22. The summed E-state index contributed by atoms with van der Waals surface area (Å²) in [4.78, 5) is 11.2. The smallest absolute Gasteiger partial charge is 0.744 e. The first-order valence-corrected chi connectivity index (χ1v) is 5.82. The van der Waals surface area contributed by atoms with Crippen LogP contribution in [0.2, 0.25) is 0 Å². The summed E-state index contributed by atoms with van der Waals surface area (Å²) in [5, 5.41) is 0. The van der Waals surface area contributed by atoms with Crippen LogP contribution in [0.3, 0.4) is 0 Å². The van der Waals surface area contributed by atoms with E-state index in [4.69, 9.17) is 0 Å². The second kappa shape index (κ2) is 4.88. The molecule has 1 aliphatic rings. The van der Waals surface area contributed by atoms with Crippen LogP contribution in [0.1, 0.15) is 15.9 Å². The van der Waals surface area contributed by atoms with Crippen LogP contribution in [0, 0.1) is 0 Å². The van der Waals surface area contributed by atoms with Crippen LogP contribution in [-0.4, -0.2) is 18.8 Å². The minimum atomic E-state index is -4.66. The number of fused-ring (bicyclic) bond motifs is 1. The zero-order valence-electron chi connectivity index (χ0n) is 9.14. The number of rotatable bonds is 1. The van der Waals surface area contributed by atoms with Crippen molar-refractivity contribution in [2.24, 2.45) is 0 Å². The van der Waals surface area contributed by atoms with Crippen molar-refractivity contribution >= 4 is 22.0 Å². The van der Waals surface area contributed by atoms with Gasteiger partial charge in [-0.15, -0.1) is 0 Å². The summed E-state index contributed by atoms with van der Waals surface area (Å²) in [6, 6.07) is 6.46. The Kier molecular flexibility index (Phi) is 4.11. The van der Waals surface area contributed by atoms with E-state index in [0.29, 0.717) is 11.1 Å². The van der Waals surface area contributed by atoms with Gasteiger partial charge in [0.05, 0.1) is 4.91 Å². The van der Waals surface area contributed by atoms with Crippen molar-refractivity contribution in [3.8, 4) is 0 Å². The van der Waals surface area contributed by atoms with Gasteiger partial charge in [-0.2, -0.15) is 0 Å². The van der Waals surface area contributed by atoms with E-state index in [1.165, 1.54) is 6.08 Å². The second-order valence-electron chi connectivity index (χ2n) is 3.36. The van der Waals surface area contributed by atoms with Crippen LogP contribution in [-0.2, 0) is 10.1 Å². The monoisotopic (exact) mass is 258 g/mol. The zero-order chi connectivity index (χ0) is 11.9. The maximum Gasteiger partial charge on any atom is 1.00 e. The van der Waals surface area contributed by atoms with Gasteiger partial charge in [-0.1, -0.05) is 30.8 Å². The molecule has 0 bridgehead atoms. The number of hydrogen-bond acceptors (Lipinski definition) is 4. The van der Waals surface area contributed by atoms with E-state index < -0.39 is 20.8 Å². The number of ketones is 1. The molecule has 2 rings (SSSR count). The predicted molar refractivity (Wildman–Crippen MR) is 57.6 cm³/mol. The molecule has 82 valence electrons. The Bertz CT molecular complexity index is 629. The molecule has 1 aromatic carbocycles. The van der Waals surface area contributed by atoms with Crippen LogP contribution in [0.15, 0.2) is 41.3 Å². The predicted octanol–water partition coefficient (Wildman–Crippen LogP) is -1.67. The van der Waals surface area contributed by atoms with Gasteiger partial charge in [-0.3, -0.25) is 4.79 Å². The second-order valence-corrected chi connectivity index (χ2v) is 4.71. The molecule has 1 aromatic rings. The van der Waals surface area contributed by atoms with Crippen LogP contribution in [0.25, 0.3) is 6.08 Å². The molecule has 0 atom stereocenters. The van der Waals surface area contributed by atoms with Crippen molar-refractivity contribution in [2.75, 3.05) is 0 Å². The summed E-state index contributed by atoms with van der Waals surface area (Å²) in [5.41, 5.74) is 0.517. The van der Waals surface area contributed by atoms with Gasteiger partial charge in [0, 0.05) is 11.1 Å². The van der Waals surface area contributed by atoms with Crippen LogP contribution in [0.4, 0.5) is 0 Å². The Balaban J connectivity index is 0.00000144. The molecule has 0 aromatic heterocycles. The first-order valence-electron chi connectivity index (χ1n) is 4.42. The van der Waals surface area contributed by atoms with Gasteiger partial charge in [0.15, 0.2) is 5.78 Å². The summed E-state index contributed by atoms with van der Waals surface area (Å²) < 4.78 is 32.7. The molecule has 0 amide bonds. The number of carbonyl (C=O) groups excluding carboxylic acids is 1. The van der Waals surface area contributed by atoms with Crippen molar-refractivity contribution in [3.63, 3.8) is 0 Å². The Hall–Kier alpha value is -0.720. The van der Waals surface area contributed by atoms with Crippen molar-refractivity contribution in [3.05, 3.63) is 52.4 Å². The standard InChI is InChI=1S/C11H8O4S.Na/c1-7-10(16(13,14)15)6-8-4-2-3-5-9(8)11(7)12;/h2-6H,1H2,(H,13,14,15);/q;+1/p-1. The van der Waals surface area contributed by atoms with Crippen LogP contribution in [0.5, 0.6) is 0 Å².